The highest BCUT2D eigenvalue weighted by Gasteiger charge is 2.43. The highest BCUT2D eigenvalue weighted by atomic mass is 19.4. The maximum Gasteiger partial charge on any atom is 0.406 e. The van der Waals surface area contributed by atoms with Crippen LogP contribution < -0.4 is 5.32 Å². The molecule has 1 amide bonds. The molecule has 0 bridgehead atoms. The molecule has 0 saturated carbocycles. The zero-order chi connectivity index (χ0) is 16.3. The largest absolute Gasteiger partial charge is 0.406 e. The number of hydrogen-bond acceptors (Lipinski definition) is 2. The lowest BCUT2D eigenvalue weighted by atomic mass is 9.74. The molecule has 1 rings (SSSR count). The van der Waals surface area contributed by atoms with E-state index in [1.165, 1.54) is 0 Å². The van der Waals surface area contributed by atoms with Crippen LogP contribution in [0.5, 0.6) is 0 Å². The third kappa shape index (κ3) is 5.49. The SMILES string of the molecule is CC(C)CN(CC(F)(F)F)C(=O)C(C)(C)C1CCCNC1. The van der Waals surface area contributed by atoms with Crippen molar-refractivity contribution < 1.29 is 18.0 Å². The Morgan fingerprint density at radius 3 is 2.38 bits per heavy atom. The van der Waals surface area contributed by atoms with Gasteiger partial charge in [-0.3, -0.25) is 4.79 Å². The molecule has 0 spiro atoms. The molecule has 21 heavy (non-hydrogen) atoms. The molecule has 6 heteroatoms. The Kier molecular flexibility index (Phi) is 6.08. The van der Waals surface area contributed by atoms with Crippen LogP contribution in [0.25, 0.3) is 0 Å². The average molecular weight is 308 g/mol. The summed E-state index contributed by atoms with van der Waals surface area (Å²) in [7, 11) is 0. The van der Waals surface area contributed by atoms with Gasteiger partial charge in [-0.1, -0.05) is 27.7 Å². The summed E-state index contributed by atoms with van der Waals surface area (Å²) < 4.78 is 38.2. The Balaban J connectivity index is 2.86. The van der Waals surface area contributed by atoms with E-state index in [1.54, 1.807) is 13.8 Å². The maximum atomic E-state index is 12.7. The third-order valence-electron chi connectivity index (χ3n) is 4.11. The minimum Gasteiger partial charge on any atom is -0.333 e. The van der Waals surface area contributed by atoms with Crippen LogP contribution in [0.15, 0.2) is 0 Å². The minimum absolute atomic E-state index is 0.0107. The van der Waals surface area contributed by atoms with Gasteiger partial charge in [0.1, 0.15) is 6.54 Å². The van der Waals surface area contributed by atoms with E-state index in [-0.39, 0.29) is 24.3 Å². The molecule has 0 aliphatic carbocycles. The van der Waals surface area contributed by atoms with E-state index in [2.05, 4.69) is 5.32 Å². The van der Waals surface area contributed by atoms with E-state index in [9.17, 15) is 18.0 Å². The van der Waals surface area contributed by atoms with Crippen molar-refractivity contribution in [2.24, 2.45) is 17.3 Å². The van der Waals surface area contributed by atoms with E-state index in [0.29, 0.717) is 6.54 Å². The predicted octanol–water partition coefficient (Wildman–Crippen LogP) is 3.06. The molecule has 0 aromatic heterocycles. The summed E-state index contributed by atoms with van der Waals surface area (Å²) in [5, 5.41) is 3.23. The number of alkyl halides is 3. The van der Waals surface area contributed by atoms with E-state index < -0.39 is 18.1 Å². The quantitative estimate of drug-likeness (QED) is 0.846. The topological polar surface area (TPSA) is 32.3 Å². The molecule has 1 N–H and O–H groups in total. The van der Waals surface area contributed by atoms with Gasteiger partial charge < -0.3 is 10.2 Å². The van der Waals surface area contributed by atoms with Crippen molar-refractivity contribution in [3.05, 3.63) is 0 Å². The molecule has 1 aliphatic heterocycles. The number of nitrogens with one attached hydrogen (secondary N) is 1. The summed E-state index contributed by atoms with van der Waals surface area (Å²) in [6.45, 7) is 7.79. The third-order valence-corrected chi connectivity index (χ3v) is 4.11. The van der Waals surface area contributed by atoms with Crippen molar-refractivity contribution in [3.63, 3.8) is 0 Å². The molecule has 124 valence electrons. The summed E-state index contributed by atoms with van der Waals surface area (Å²) in [5.41, 5.74) is -0.770. The molecule has 0 aromatic carbocycles. The molecular formula is C15H27F3N2O. The van der Waals surface area contributed by atoms with Gasteiger partial charge in [0.15, 0.2) is 0 Å². The molecule has 0 aromatic rings. The lowest BCUT2D eigenvalue weighted by molar-refractivity contribution is -0.169. The zero-order valence-electron chi connectivity index (χ0n) is 13.4. The van der Waals surface area contributed by atoms with Gasteiger partial charge >= 0.3 is 6.18 Å². The van der Waals surface area contributed by atoms with Crippen LogP contribution in [-0.4, -0.2) is 43.2 Å². The second-order valence-electron chi connectivity index (χ2n) is 6.96. The van der Waals surface area contributed by atoms with Crippen LogP contribution in [0.1, 0.15) is 40.5 Å². The minimum atomic E-state index is -4.36. The average Bonchev–Trinajstić information content (AvgIpc) is 2.36. The van der Waals surface area contributed by atoms with Crippen LogP contribution in [0, 0.1) is 17.3 Å². The molecule has 1 heterocycles. The standard InChI is InChI=1S/C15H27F3N2O/c1-11(2)9-20(10-15(16,17)18)13(21)14(3,4)12-6-5-7-19-8-12/h11-12,19H,5-10H2,1-4H3. The Hall–Kier alpha value is -0.780. The summed E-state index contributed by atoms with van der Waals surface area (Å²) in [6, 6.07) is 0. The smallest absolute Gasteiger partial charge is 0.333 e. The zero-order valence-corrected chi connectivity index (χ0v) is 13.4. The van der Waals surface area contributed by atoms with Gasteiger partial charge in [-0.15, -0.1) is 0 Å². The van der Waals surface area contributed by atoms with Crippen molar-refractivity contribution in [3.8, 4) is 0 Å². The normalized spacial score (nSPS) is 20.7. The summed E-state index contributed by atoms with van der Waals surface area (Å²) in [4.78, 5) is 13.7. The summed E-state index contributed by atoms with van der Waals surface area (Å²) >= 11 is 0. The molecule has 0 radical (unpaired) electrons. The van der Waals surface area contributed by atoms with Gasteiger partial charge in [0, 0.05) is 12.0 Å². The van der Waals surface area contributed by atoms with E-state index in [0.717, 1.165) is 24.3 Å². The number of amides is 1. The maximum absolute atomic E-state index is 12.7. The van der Waals surface area contributed by atoms with Crippen molar-refractivity contribution in [1.29, 1.82) is 0 Å². The Morgan fingerprint density at radius 2 is 1.95 bits per heavy atom. The van der Waals surface area contributed by atoms with Crippen molar-refractivity contribution >= 4 is 5.91 Å². The fourth-order valence-corrected chi connectivity index (χ4v) is 2.93. The molecule has 1 aliphatic rings. The number of halogens is 3. The van der Waals surface area contributed by atoms with E-state index >= 15 is 0 Å². The van der Waals surface area contributed by atoms with Crippen molar-refractivity contribution in [2.45, 2.75) is 46.7 Å². The molecule has 1 fully saturated rings. The fraction of sp³-hybridized carbons (Fsp3) is 0.933. The molecule has 1 unspecified atom stereocenters. The van der Waals surface area contributed by atoms with Gasteiger partial charge in [0.25, 0.3) is 0 Å². The first-order valence-corrected chi connectivity index (χ1v) is 7.61. The molecule has 3 nitrogen and oxygen atoms in total. The van der Waals surface area contributed by atoms with Crippen LogP contribution in [0.2, 0.25) is 0 Å². The number of piperidine rings is 1. The first kappa shape index (κ1) is 18.3. The second-order valence-corrected chi connectivity index (χ2v) is 6.96. The fourth-order valence-electron chi connectivity index (χ4n) is 2.93. The summed E-state index contributed by atoms with van der Waals surface area (Å²) in [5.74, 6) is -0.291. The second kappa shape index (κ2) is 6.99. The first-order chi connectivity index (χ1) is 9.54. The van der Waals surface area contributed by atoms with Crippen LogP contribution in [0.3, 0.4) is 0 Å². The molecular weight excluding hydrogens is 281 g/mol. The predicted molar refractivity (Wildman–Crippen MR) is 76.8 cm³/mol. The van der Waals surface area contributed by atoms with Crippen LogP contribution in [0.4, 0.5) is 13.2 Å². The van der Waals surface area contributed by atoms with Gasteiger partial charge in [-0.2, -0.15) is 13.2 Å². The molecule has 1 saturated heterocycles. The van der Waals surface area contributed by atoms with Crippen LogP contribution >= 0.6 is 0 Å². The monoisotopic (exact) mass is 308 g/mol. The van der Waals surface area contributed by atoms with Crippen molar-refractivity contribution in [2.75, 3.05) is 26.2 Å². The van der Waals surface area contributed by atoms with E-state index in [4.69, 9.17) is 0 Å². The van der Waals surface area contributed by atoms with Crippen molar-refractivity contribution in [1.82, 2.24) is 10.2 Å². The van der Waals surface area contributed by atoms with Gasteiger partial charge in [-0.05, 0) is 37.8 Å². The number of carbonyl (C=O) groups is 1. The van der Waals surface area contributed by atoms with Gasteiger partial charge in [0.05, 0.1) is 0 Å². The van der Waals surface area contributed by atoms with E-state index in [1.807, 2.05) is 13.8 Å². The number of carbonyl (C=O) groups excluding carboxylic acids is 1. The molecule has 1 atom stereocenters. The lowest BCUT2D eigenvalue weighted by Crippen LogP contribution is -2.51. The van der Waals surface area contributed by atoms with Crippen LogP contribution in [-0.2, 0) is 4.79 Å². The Bertz CT molecular complexity index is 347. The van der Waals surface area contributed by atoms with Gasteiger partial charge in [-0.25, -0.2) is 0 Å². The van der Waals surface area contributed by atoms with Gasteiger partial charge in [0.2, 0.25) is 5.91 Å². The number of nitrogens with zero attached hydrogens (tertiary/aromatic N) is 1. The summed E-state index contributed by atoms with van der Waals surface area (Å²) in [6.07, 6.45) is -2.51. The Labute approximate surface area is 125 Å². The highest BCUT2D eigenvalue weighted by Crippen LogP contribution is 2.34. The highest BCUT2D eigenvalue weighted by molar-refractivity contribution is 5.82. The Morgan fingerprint density at radius 1 is 1.33 bits per heavy atom. The lowest BCUT2D eigenvalue weighted by Gasteiger charge is -2.40. The number of rotatable bonds is 5. The number of hydrogen-bond donors (Lipinski definition) is 1. The first-order valence-electron chi connectivity index (χ1n) is 7.61.